The fourth-order valence-corrected chi connectivity index (χ4v) is 2.76. The number of carbonyl (C=O) groups is 3. The van der Waals surface area contributed by atoms with E-state index in [1.54, 1.807) is 24.3 Å². The van der Waals surface area contributed by atoms with E-state index in [0.29, 0.717) is 17.9 Å². The molecule has 7 heteroatoms. The molecule has 1 saturated heterocycles. The molecule has 1 heterocycles. The van der Waals surface area contributed by atoms with E-state index in [-0.39, 0.29) is 23.6 Å². The smallest absolute Gasteiger partial charge is 0.282 e. The largest absolute Gasteiger partial charge is 0.326 e. The van der Waals surface area contributed by atoms with Gasteiger partial charge in [-0.25, -0.2) is 0 Å². The van der Waals surface area contributed by atoms with Gasteiger partial charge in [0.1, 0.15) is 6.54 Å². The zero-order valence-corrected chi connectivity index (χ0v) is 14.3. The van der Waals surface area contributed by atoms with Crippen LogP contribution in [0.4, 0.5) is 16.2 Å². The lowest BCUT2D eigenvalue weighted by atomic mass is 9.95. The Labute approximate surface area is 140 Å². The molecule has 0 unspecified atom stereocenters. The molecule has 0 atom stereocenters. The lowest BCUT2D eigenvalue weighted by molar-refractivity contribution is -0.123. The van der Waals surface area contributed by atoms with Crippen molar-refractivity contribution in [2.24, 2.45) is 5.41 Å². The van der Waals surface area contributed by atoms with Gasteiger partial charge in [-0.1, -0.05) is 38.6 Å². The third kappa shape index (κ3) is 4.99. The molecule has 0 aromatic heterocycles. The van der Waals surface area contributed by atoms with E-state index in [9.17, 15) is 14.4 Å². The number of hydrogen-bond donors (Lipinski definition) is 2. The van der Waals surface area contributed by atoms with Gasteiger partial charge < -0.3 is 15.5 Å². The van der Waals surface area contributed by atoms with Gasteiger partial charge in [0.15, 0.2) is 0 Å². The maximum atomic E-state index is 12.0. The maximum absolute atomic E-state index is 12.0. The fraction of sp³-hybridized carbons (Fsp3) is 0.438. The van der Waals surface area contributed by atoms with Gasteiger partial charge in [0, 0.05) is 29.1 Å². The first kappa shape index (κ1) is 17.3. The SMILES string of the molecule is CC(C)(C)C(=O)Nc1cccc(NC(=O)CN2CCSC2=O)c1. The van der Waals surface area contributed by atoms with Crippen LogP contribution in [0.3, 0.4) is 0 Å². The first-order chi connectivity index (χ1) is 10.8. The van der Waals surface area contributed by atoms with Gasteiger partial charge in [0.25, 0.3) is 5.24 Å². The zero-order valence-electron chi connectivity index (χ0n) is 13.5. The molecule has 1 fully saturated rings. The van der Waals surface area contributed by atoms with Crippen LogP contribution in [0.25, 0.3) is 0 Å². The summed E-state index contributed by atoms with van der Waals surface area (Å²) in [6, 6.07) is 6.96. The monoisotopic (exact) mass is 335 g/mol. The molecule has 0 saturated carbocycles. The van der Waals surface area contributed by atoms with Crippen molar-refractivity contribution in [1.29, 1.82) is 0 Å². The van der Waals surface area contributed by atoms with Crippen LogP contribution in [0, 0.1) is 5.41 Å². The average molecular weight is 335 g/mol. The molecular weight excluding hydrogens is 314 g/mol. The molecule has 6 nitrogen and oxygen atoms in total. The highest BCUT2D eigenvalue weighted by Crippen LogP contribution is 2.20. The van der Waals surface area contributed by atoms with Crippen LogP contribution in [0.5, 0.6) is 0 Å². The summed E-state index contributed by atoms with van der Waals surface area (Å²) in [5, 5.41) is 5.50. The van der Waals surface area contributed by atoms with Gasteiger partial charge in [0.2, 0.25) is 11.8 Å². The standard InChI is InChI=1S/C16H21N3O3S/c1-16(2,3)14(21)18-12-6-4-5-11(9-12)17-13(20)10-19-7-8-23-15(19)22/h4-6,9H,7-8,10H2,1-3H3,(H,17,20)(H,18,21). The van der Waals surface area contributed by atoms with E-state index in [1.165, 1.54) is 16.7 Å². The van der Waals surface area contributed by atoms with Gasteiger partial charge in [-0.05, 0) is 18.2 Å². The van der Waals surface area contributed by atoms with Crippen molar-refractivity contribution in [3.8, 4) is 0 Å². The molecule has 1 aromatic rings. The summed E-state index contributed by atoms with van der Waals surface area (Å²) in [5.74, 6) is 0.376. The van der Waals surface area contributed by atoms with Crippen molar-refractivity contribution in [2.45, 2.75) is 20.8 Å². The highest BCUT2D eigenvalue weighted by atomic mass is 32.2. The van der Waals surface area contributed by atoms with Gasteiger partial charge in [-0.3, -0.25) is 14.4 Å². The molecule has 0 bridgehead atoms. The molecule has 1 aliphatic rings. The van der Waals surface area contributed by atoms with E-state index in [1.807, 2.05) is 20.8 Å². The quantitative estimate of drug-likeness (QED) is 0.887. The summed E-state index contributed by atoms with van der Waals surface area (Å²) in [5.41, 5.74) is 0.712. The Kier molecular flexibility index (Phi) is 5.30. The number of anilines is 2. The maximum Gasteiger partial charge on any atom is 0.282 e. The average Bonchev–Trinajstić information content (AvgIpc) is 2.83. The second-order valence-corrected chi connectivity index (χ2v) is 7.42. The van der Waals surface area contributed by atoms with Crippen molar-refractivity contribution in [3.05, 3.63) is 24.3 Å². The molecule has 1 aliphatic heterocycles. The van der Waals surface area contributed by atoms with Crippen LogP contribution in [-0.2, 0) is 9.59 Å². The number of hydrogen-bond acceptors (Lipinski definition) is 4. The molecule has 2 rings (SSSR count). The molecule has 0 aliphatic carbocycles. The van der Waals surface area contributed by atoms with Crippen LogP contribution in [-0.4, -0.2) is 40.8 Å². The topological polar surface area (TPSA) is 78.5 Å². The molecular formula is C16H21N3O3S. The van der Waals surface area contributed by atoms with Crippen molar-refractivity contribution in [1.82, 2.24) is 4.90 Å². The summed E-state index contributed by atoms with van der Waals surface area (Å²) in [4.78, 5) is 37.0. The Bertz CT molecular complexity index is 625. The fourth-order valence-electron chi connectivity index (χ4n) is 1.94. The minimum Gasteiger partial charge on any atom is -0.326 e. The Morgan fingerprint density at radius 1 is 1.22 bits per heavy atom. The zero-order chi connectivity index (χ0) is 17.0. The summed E-state index contributed by atoms with van der Waals surface area (Å²) in [6.45, 7) is 6.14. The Morgan fingerprint density at radius 3 is 2.43 bits per heavy atom. The predicted molar refractivity (Wildman–Crippen MR) is 92.6 cm³/mol. The summed E-state index contributed by atoms with van der Waals surface area (Å²) >= 11 is 1.22. The van der Waals surface area contributed by atoms with Gasteiger partial charge in [-0.2, -0.15) is 0 Å². The number of amides is 3. The second-order valence-electron chi connectivity index (χ2n) is 6.37. The third-order valence-corrected chi connectivity index (χ3v) is 4.16. The third-order valence-electron chi connectivity index (χ3n) is 3.26. The number of thioether (sulfide) groups is 1. The minimum absolute atomic E-state index is 0.0460. The molecule has 1 aromatic carbocycles. The normalized spacial score (nSPS) is 14.7. The number of rotatable bonds is 4. The molecule has 124 valence electrons. The Hall–Kier alpha value is -2.02. The van der Waals surface area contributed by atoms with Crippen LogP contribution >= 0.6 is 11.8 Å². The minimum atomic E-state index is -0.493. The lowest BCUT2D eigenvalue weighted by Gasteiger charge is -2.18. The molecule has 0 spiro atoms. The first-order valence-corrected chi connectivity index (χ1v) is 8.37. The number of nitrogens with zero attached hydrogens (tertiary/aromatic N) is 1. The van der Waals surface area contributed by atoms with Crippen molar-refractivity contribution in [3.63, 3.8) is 0 Å². The first-order valence-electron chi connectivity index (χ1n) is 7.39. The van der Waals surface area contributed by atoms with Crippen molar-refractivity contribution >= 4 is 40.2 Å². The van der Waals surface area contributed by atoms with Crippen molar-refractivity contribution in [2.75, 3.05) is 29.5 Å². The molecule has 2 N–H and O–H groups in total. The highest BCUT2D eigenvalue weighted by molar-refractivity contribution is 8.13. The van der Waals surface area contributed by atoms with E-state index in [0.717, 1.165) is 5.75 Å². The van der Waals surface area contributed by atoms with E-state index in [2.05, 4.69) is 10.6 Å². The van der Waals surface area contributed by atoms with Crippen LogP contribution in [0.15, 0.2) is 24.3 Å². The van der Waals surface area contributed by atoms with Crippen LogP contribution < -0.4 is 10.6 Å². The number of carbonyl (C=O) groups excluding carboxylic acids is 3. The molecule has 0 radical (unpaired) electrons. The summed E-state index contributed by atoms with van der Waals surface area (Å²) in [7, 11) is 0. The van der Waals surface area contributed by atoms with Gasteiger partial charge in [-0.15, -0.1) is 0 Å². The number of benzene rings is 1. The van der Waals surface area contributed by atoms with E-state index >= 15 is 0 Å². The lowest BCUT2D eigenvalue weighted by Crippen LogP contribution is -2.33. The van der Waals surface area contributed by atoms with Gasteiger partial charge >= 0.3 is 0 Å². The Balaban J connectivity index is 1.95. The van der Waals surface area contributed by atoms with Crippen molar-refractivity contribution < 1.29 is 14.4 Å². The number of nitrogens with one attached hydrogen (secondary N) is 2. The second kappa shape index (κ2) is 7.04. The molecule has 23 heavy (non-hydrogen) atoms. The van der Waals surface area contributed by atoms with Crippen LogP contribution in [0.1, 0.15) is 20.8 Å². The predicted octanol–water partition coefficient (Wildman–Crippen LogP) is 2.78. The van der Waals surface area contributed by atoms with Crippen LogP contribution in [0.2, 0.25) is 0 Å². The molecule has 3 amide bonds. The summed E-state index contributed by atoms with van der Waals surface area (Å²) < 4.78 is 0. The van der Waals surface area contributed by atoms with E-state index < -0.39 is 5.41 Å². The van der Waals surface area contributed by atoms with Gasteiger partial charge in [0.05, 0.1) is 0 Å². The summed E-state index contributed by atoms with van der Waals surface area (Å²) in [6.07, 6.45) is 0. The van der Waals surface area contributed by atoms with E-state index in [4.69, 9.17) is 0 Å². The Morgan fingerprint density at radius 2 is 1.87 bits per heavy atom. The highest BCUT2D eigenvalue weighted by Gasteiger charge is 2.23.